The van der Waals surface area contributed by atoms with Crippen LogP contribution < -0.4 is 10.6 Å². The average molecular weight is 417 g/mol. The third-order valence-electron chi connectivity index (χ3n) is 4.14. The van der Waals surface area contributed by atoms with E-state index in [4.69, 9.17) is 9.47 Å². The van der Waals surface area contributed by atoms with Crippen LogP contribution in [0.2, 0.25) is 0 Å². The van der Waals surface area contributed by atoms with E-state index in [1.165, 1.54) is 12.3 Å². The van der Waals surface area contributed by atoms with Gasteiger partial charge in [0.15, 0.2) is 10.9 Å². The number of carbonyl (C=O) groups is 3. The van der Waals surface area contributed by atoms with Crippen LogP contribution in [0.5, 0.6) is 0 Å². The molecule has 28 heavy (non-hydrogen) atoms. The summed E-state index contributed by atoms with van der Waals surface area (Å²) in [5.74, 6) is -1.16. The summed E-state index contributed by atoms with van der Waals surface area (Å²) in [5, 5.41) is 14.5. The molecule has 3 N–H and O–H groups in total. The zero-order chi connectivity index (χ0) is 21.4. The lowest BCUT2D eigenvalue weighted by Gasteiger charge is -2.44. The molecule has 1 rings (SSSR count). The molecule has 0 aromatic carbocycles. The van der Waals surface area contributed by atoms with Crippen molar-refractivity contribution >= 4 is 28.7 Å². The number of carbonyl (C=O) groups excluding carboxylic acids is 3. The number of amides is 2. The Kier molecular flexibility index (Phi) is 9.62. The second-order valence-corrected chi connectivity index (χ2v) is 8.95. The number of hydrogen-bond donors (Lipinski definition) is 3. The number of thioether (sulfide) groups is 1. The van der Waals surface area contributed by atoms with Crippen molar-refractivity contribution in [2.45, 2.75) is 65.5 Å². The van der Waals surface area contributed by atoms with Crippen molar-refractivity contribution in [3.05, 3.63) is 12.3 Å². The van der Waals surface area contributed by atoms with Crippen molar-refractivity contribution in [3.8, 4) is 0 Å². The van der Waals surface area contributed by atoms with E-state index in [0.717, 1.165) is 11.8 Å². The maximum Gasteiger partial charge on any atom is 0.253 e. The fraction of sp³-hybridized carbons (Fsp3) is 0.737. The molecule has 1 aliphatic rings. The van der Waals surface area contributed by atoms with Gasteiger partial charge < -0.3 is 25.2 Å². The van der Waals surface area contributed by atoms with Crippen molar-refractivity contribution < 1.29 is 29.0 Å². The van der Waals surface area contributed by atoms with Crippen LogP contribution in [0.4, 0.5) is 0 Å². The molecule has 0 unspecified atom stereocenters. The highest BCUT2D eigenvalue weighted by atomic mass is 32.2. The third kappa shape index (κ3) is 8.72. The summed E-state index contributed by atoms with van der Waals surface area (Å²) < 4.78 is 11.3. The molecule has 2 amide bonds. The molecular weight excluding hydrogens is 384 g/mol. The predicted molar refractivity (Wildman–Crippen MR) is 107 cm³/mol. The molecule has 0 radical (unpaired) electrons. The second-order valence-electron chi connectivity index (χ2n) is 7.79. The van der Waals surface area contributed by atoms with Gasteiger partial charge in [0, 0.05) is 36.4 Å². The van der Waals surface area contributed by atoms with E-state index in [-0.39, 0.29) is 23.4 Å². The maximum absolute atomic E-state index is 12.4. The molecular formula is C19H32N2O6S. The van der Waals surface area contributed by atoms with Crippen LogP contribution in [-0.2, 0) is 23.9 Å². The SMILES string of the molecule is CC[C@H](O)CC(=O)SCCNC(=O)C=CNC(=O)[C@@H]1OC(C)(C)OCC1(C)C. The van der Waals surface area contributed by atoms with Gasteiger partial charge in [-0.05, 0) is 20.3 Å². The maximum atomic E-state index is 12.4. The van der Waals surface area contributed by atoms with Gasteiger partial charge in [0.25, 0.3) is 5.91 Å². The zero-order valence-corrected chi connectivity index (χ0v) is 18.1. The molecule has 8 nitrogen and oxygen atoms in total. The van der Waals surface area contributed by atoms with Gasteiger partial charge in [0.2, 0.25) is 5.91 Å². The molecule has 1 aliphatic heterocycles. The van der Waals surface area contributed by atoms with Gasteiger partial charge in [0.1, 0.15) is 6.10 Å². The number of aliphatic hydroxyl groups is 1. The molecule has 0 bridgehead atoms. The van der Waals surface area contributed by atoms with Crippen LogP contribution in [-0.4, -0.2) is 58.9 Å². The van der Waals surface area contributed by atoms with Gasteiger partial charge in [-0.25, -0.2) is 0 Å². The Bertz CT molecular complexity index is 591. The molecule has 0 saturated carbocycles. The molecule has 2 atom stereocenters. The molecule has 0 aliphatic carbocycles. The summed E-state index contributed by atoms with van der Waals surface area (Å²) in [5.41, 5.74) is -0.495. The summed E-state index contributed by atoms with van der Waals surface area (Å²) in [6.45, 7) is 9.75. The van der Waals surface area contributed by atoms with Crippen molar-refractivity contribution in [1.29, 1.82) is 0 Å². The van der Waals surface area contributed by atoms with Crippen molar-refractivity contribution in [2.75, 3.05) is 18.9 Å². The first-order valence-corrected chi connectivity index (χ1v) is 10.4. The van der Waals surface area contributed by atoms with E-state index >= 15 is 0 Å². The summed E-state index contributed by atoms with van der Waals surface area (Å²) in [4.78, 5) is 35.7. The van der Waals surface area contributed by atoms with E-state index in [2.05, 4.69) is 10.6 Å². The minimum Gasteiger partial charge on any atom is -0.393 e. The first-order valence-electron chi connectivity index (χ1n) is 9.37. The number of aliphatic hydroxyl groups excluding tert-OH is 1. The quantitative estimate of drug-likeness (QED) is 0.384. The predicted octanol–water partition coefficient (Wildman–Crippen LogP) is 1.33. The van der Waals surface area contributed by atoms with Crippen LogP contribution >= 0.6 is 11.8 Å². The van der Waals surface area contributed by atoms with Crippen molar-refractivity contribution in [1.82, 2.24) is 10.6 Å². The largest absolute Gasteiger partial charge is 0.393 e. The highest BCUT2D eigenvalue weighted by Crippen LogP contribution is 2.34. The first kappa shape index (κ1) is 24.6. The van der Waals surface area contributed by atoms with Crippen LogP contribution in [0.3, 0.4) is 0 Å². The van der Waals surface area contributed by atoms with Crippen molar-refractivity contribution in [3.63, 3.8) is 0 Å². The number of rotatable bonds is 9. The first-order chi connectivity index (χ1) is 13.0. The summed E-state index contributed by atoms with van der Waals surface area (Å²) in [7, 11) is 0. The second kappa shape index (κ2) is 10.9. The third-order valence-corrected chi connectivity index (χ3v) is 5.04. The van der Waals surface area contributed by atoms with Gasteiger partial charge in [-0.15, -0.1) is 0 Å². The molecule has 1 saturated heterocycles. The fourth-order valence-corrected chi connectivity index (χ4v) is 3.13. The van der Waals surface area contributed by atoms with E-state index in [1.807, 2.05) is 20.8 Å². The number of hydrogen-bond acceptors (Lipinski definition) is 7. The van der Waals surface area contributed by atoms with Gasteiger partial charge in [-0.1, -0.05) is 32.5 Å². The monoisotopic (exact) mass is 416 g/mol. The van der Waals surface area contributed by atoms with Crippen LogP contribution in [0.25, 0.3) is 0 Å². The average Bonchev–Trinajstić information content (AvgIpc) is 2.60. The van der Waals surface area contributed by atoms with E-state index in [0.29, 0.717) is 25.3 Å². The molecule has 1 fully saturated rings. The summed E-state index contributed by atoms with van der Waals surface area (Å²) in [6.07, 6.45) is 1.81. The molecule has 1 heterocycles. The lowest BCUT2D eigenvalue weighted by Crippen LogP contribution is -2.55. The smallest absolute Gasteiger partial charge is 0.253 e. The lowest BCUT2D eigenvalue weighted by molar-refractivity contribution is -0.303. The van der Waals surface area contributed by atoms with Gasteiger partial charge in [0.05, 0.1) is 12.7 Å². The zero-order valence-electron chi connectivity index (χ0n) is 17.2. The molecule has 0 aromatic rings. The summed E-state index contributed by atoms with van der Waals surface area (Å²) in [6, 6.07) is 0. The Hall–Kier alpha value is -1.42. The minimum atomic E-state index is -0.846. The standard InChI is InChI=1S/C19H32N2O6S/c1-6-13(22)11-15(24)28-10-9-20-14(23)7-8-21-17(25)16-18(2,3)12-26-19(4,5)27-16/h7-8,13,16,22H,6,9-12H2,1-5H3,(H,20,23)(H,21,25)/t13-,16-/m0/s1. The number of ether oxygens (including phenoxy) is 2. The Morgan fingerprint density at radius 1 is 1.29 bits per heavy atom. The van der Waals surface area contributed by atoms with E-state index < -0.39 is 23.4 Å². The Morgan fingerprint density at radius 3 is 2.61 bits per heavy atom. The van der Waals surface area contributed by atoms with Crippen LogP contribution in [0, 0.1) is 5.41 Å². The Morgan fingerprint density at radius 2 is 1.96 bits per heavy atom. The van der Waals surface area contributed by atoms with Crippen LogP contribution in [0.1, 0.15) is 47.5 Å². The van der Waals surface area contributed by atoms with E-state index in [1.54, 1.807) is 13.8 Å². The Labute approximate surface area is 170 Å². The molecule has 160 valence electrons. The van der Waals surface area contributed by atoms with Gasteiger partial charge in [-0.2, -0.15) is 0 Å². The van der Waals surface area contributed by atoms with Crippen molar-refractivity contribution in [2.24, 2.45) is 5.41 Å². The molecule has 0 spiro atoms. The van der Waals surface area contributed by atoms with Gasteiger partial charge in [-0.3, -0.25) is 14.4 Å². The normalized spacial score (nSPS) is 21.9. The Balaban J connectivity index is 2.33. The summed E-state index contributed by atoms with van der Waals surface area (Å²) >= 11 is 1.07. The van der Waals surface area contributed by atoms with E-state index in [9.17, 15) is 19.5 Å². The number of nitrogens with one attached hydrogen (secondary N) is 2. The molecule has 9 heteroatoms. The highest BCUT2D eigenvalue weighted by Gasteiger charge is 2.45. The van der Waals surface area contributed by atoms with Gasteiger partial charge >= 0.3 is 0 Å². The minimum absolute atomic E-state index is 0.103. The fourth-order valence-electron chi connectivity index (χ4n) is 2.39. The highest BCUT2D eigenvalue weighted by molar-refractivity contribution is 8.13. The van der Waals surface area contributed by atoms with Crippen LogP contribution in [0.15, 0.2) is 12.3 Å². The molecule has 0 aromatic heterocycles. The topological polar surface area (TPSA) is 114 Å². The lowest BCUT2D eigenvalue weighted by atomic mass is 9.85.